The van der Waals surface area contributed by atoms with Crippen molar-refractivity contribution in [1.82, 2.24) is 15.1 Å². The lowest BCUT2D eigenvalue weighted by Crippen LogP contribution is -2.48. The van der Waals surface area contributed by atoms with Gasteiger partial charge in [0.15, 0.2) is 5.82 Å². The Morgan fingerprint density at radius 1 is 1.00 bits per heavy atom. The molecule has 0 aliphatic heterocycles. The van der Waals surface area contributed by atoms with Crippen molar-refractivity contribution in [3.8, 4) is 17.3 Å². The van der Waals surface area contributed by atoms with Gasteiger partial charge in [0.05, 0.1) is 19.0 Å². The van der Waals surface area contributed by atoms with Crippen molar-refractivity contribution < 1.29 is 9.26 Å². The Balaban J connectivity index is 1.67. The van der Waals surface area contributed by atoms with Crippen LogP contribution in [-0.2, 0) is 18.3 Å². The van der Waals surface area contributed by atoms with Gasteiger partial charge in [-0.05, 0) is 30.7 Å². The molecule has 0 spiro atoms. The molecular weight excluding hydrogens is 398 g/mol. The van der Waals surface area contributed by atoms with Crippen LogP contribution < -0.4 is 4.74 Å². The molecule has 4 aromatic rings. The van der Waals surface area contributed by atoms with Crippen molar-refractivity contribution >= 4 is 0 Å². The van der Waals surface area contributed by atoms with E-state index < -0.39 is 0 Å². The first-order valence-electron chi connectivity index (χ1n) is 11.2. The van der Waals surface area contributed by atoms with Crippen LogP contribution in [0.4, 0.5) is 0 Å². The minimum atomic E-state index is -0.285. The van der Waals surface area contributed by atoms with Crippen LogP contribution in [0.2, 0.25) is 0 Å². The van der Waals surface area contributed by atoms with Gasteiger partial charge in [0.1, 0.15) is 5.76 Å². The van der Waals surface area contributed by atoms with Gasteiger partial charge in [-0.15, -0.1) is 0 Å². The highest BCUT2D eigenvalue weighted by Crippen LogP contribution is 2.57. The predicted octanol–water partition coefficient (Wildman–Crippen LogP) is 5.35. The van der Waals surface area contributed by atoms with Gasteiger partial charge < -0.3 is 9.26 Å². The molecule has 0 amide bonds. The van der Waals surface area contributed by atoms with E-state index in [1.165, 1.54) is 11.1 Å². The second kappa shape index (κ2) is 7.30. The maximum atomic E-state index is 5.83. The number of hydrogen-bond acceptors (Lipinski definition) is 5. The molecule has 3 atom stereocenters. The summed E-state index contributed by atoms with van der Waals surface area (Å²) in [5.74, 6) is 3.01. The first-order valence-corrected chi connectivity index (χ1v) is 11.2. The molecule has 2 aliphatic carbocycles. The minimum absolute atomic E-state index is 0.246. The molecule has 160 valence electrons. The van der Waals surface area contributed by atoms with Gasteiger partial charge in [0.2, 0.25) is 5.88 Å². The van der Waals surface area contributed by atoms with E-state index in [1.807, 2.05) is 24.4 Å². The van der Waals surface area contributed by atoms with Crippen molar-refractivity contribution in [1.29, 1.82) is 0 Å². The Bertz CT molecular complexity index is 1270. The highest BCUT2D eigenvalue weighted by atomic mass is 16.5. The first kappa shape index (κ1) is 19.2. The molecule has 3 unspecified atom stereocenters. The third kappa shape index (κ3) is 2.67. The average Bonchev–Trinajstić information content (AvgIpc) is 3.33. The van der Waals surface area contributed by atoms with Crippen molar-refractivity contribution in [2.24, 2.45) is 5.92 Å². The average molecular weight is 424 g/mol. The third-order valence-electron chi connectivity index (χ3n) is 7.41. The van der Waals surface area contributed by atoms with Gasteiger partial charge >= 0.3 is 0 Å². The van der Waals surface area contributed by atoms with Crippen LogP contribution in [-0.4, -0.2) is 22.2 Å². The van der Waals surface area contributed by atoms with Gasteiger partial charge in [0.25, 0.3) is 0 Å². The number of methoxy groups -OCH3 is 1. The summed E-state index contributed by atoms with van der Waals surface area (Å²) in [4.78, 5) is 10.1. The van der Waals surface area contributed by atoms with Crippen LogP contribution in [0, 0.1) is 5.92 Å². The van der Waals surface area contributed by atoms with E-state index >= 15 is 0 Å². The lowest BCUT2D eigenvalue weighted by Gasteiger charge is -2.50. The van der Waals surface area contributed by atoms with E-state index in [0.29, 0.717) is 17.6 Å². The smallest absolute Gasteiger partial charge is 0.220 e. The highest BCUT2D eigenvalue weighted by Gasteiger charge is 2.54. The largest absolute Gasteiger partial charge is 0.481 e. The Morgan fingerprint density at radius 2 is 1.75 bits per heavy atom. The fourth-order valence-electron chi connectivity index (χ4n) is 6.01. The van der Waals surface area contributed by atoms with Gasteiger partial charge in [-0.25, -0.2) is 4.98 Å². The Morgan fingerprint density at radius 3 is 2.50 bits per heavy atom. The molecule has 0 radical (unpaired) electrons. The molecule has 2 aromatic heterocycles. The molecule has 2 aromatic carbocycles. The van der Waals surface area contributed by atoms with Gasteiger partial charge in [-0.3, -0.25) is 0 Å². The second-order valence-corrected chi connectivity index (χ2v) is 8.91. The number of fused-ring (bicyclic) bond motifs is 4. The first-order chi connectivity index (χ1) is 15.7. The molecule has 2 aliphatic rings. The molecule has 2 heterocycles. The summed E-state index contributed by atoms with van der Waals surface area (Å²) < 4.78 is 11.6. The normalized spacial score (nSPS) is 23.7. The Labute approximate surface area is 187 Å². The summed E-state index contributed by atoms with van der Waals surface area (Å²) in [6.07, 6.45) is 4.61. The van der Waals surface area contributed by atoms with Gasteiger partial charge in [-0.2, -0.15) is 4.98 Å². The number of nitrogens with zero attached hydrogens (tertiary/aromatic N) is 3. The monoisotopic (exact) mass is 423 g/mol. The third-order valence-corrected chi connectivity index (χ3v) is 7.41. The van der Waals surface area contributed by atoms with Gasteiger partial charge in [0, 0.05) is 28.0 Å². The van der Waals surface area contributed by atoms with Crippen molar-refractivity contribution in [2.75, 3.05) is 7.11 Å². The maximum absolute atomic E-state index is 5.83. The van der Waals surface area contributed by atoms with E-state index in [0.717, 1.165) is 41.8 Å². The lowest BCUT2D eigenvalue weighted by molar-refractivity contribution is 0.186. The number of hydrogen-bond donors (Lipinski definition) is 0. The summed E-state index contributed by atoms with van der Waals surface area (Å²) >= 11 is 0. The van der Waals surface area contributed by atoms with E-state index in [-0.39, 0.29) is 11.3 Å². The van der Waals surface area contributed by atoms with E-state index in [4.69, 9.17) is 19.2 Å². The number of rotatable bonds is 3. The summed E-state index contributed by atoms with van der Waals surface area (Å²) in [6, 6.07) is 21.0. The van der Waals surface area contributed by atoms with Crippen LogP contribution in [0.15, 0.2) is 71.4 Å². The molecule has 5 nitrogen and oxygen atoms in total. The Hall–Kier alpha value is -3.47. The molecule has 0 fully saturated rings. The van der Waals surface area contributed by atoms with Crippen molar-refractivity contribution in [3.05, 3.63) is 95.0 Å². The molecule has 5 heteroatoms. The molecule has 0 saturated heterocycles. The standard InChI is InChI=1S/C27H25N3O2/c1-17-22-14-13-21-24(29-25(30-26(21)31-2)18-9-5-3-6-10-18)27(22,20-11-7-4-8-12-20)15-19-16-28-32-23(17)19/h3-12,16-17,22H,13-15H2,1-2H3. The number of aromatic nitrogens is 3. The molecule has 0 bridgehead atoms. The van der Waals surface area contributed by atoms with Crippen LogP contribution in [0.1, 0.15) is 47.4 Å². The molecule has 0 saturated carbocycles. The quantitative estimate of drug-likeness (QED) is 0.445. The molecule has 6 rings (SSSR count). The molecule has 0 N–H and O–H groups in total. The zero-order valence-electron chi connectivity index (χ0n) is 18.3. The molecule has 32 heavy (non-hydrogen) atoms. The maximum Gasteiger partial charge on any atom is 0.220 e. The summed E-state index contributed by atoms with van der Waals surface area (Å²) in [7, 11) is 1.71. The topological polar surface area (TPSA) is 61.0 Å². The minimum Gasteiger partial charge on any atom is -0.481 e. The van der Waals surface area contributed by atoms with Crippen LogP contribution in [0.3, 0.4) is 0 Å². The summed E-state index contributed by atoms with van der Waals surface area (Å²) in [5, 5.41) is 4.16. The Kier molecular flexibility index (Phi) is 4.39. The van der Waals surface area contributed by atoms with Crippen molar-refractivity contribution in [2.45, 2.75) is 37.5 Å². The SMILES string of the molecule is COc1nc(-c2ccccc2)nc2c1CCC1C(C)c3oncc3CC21c1ccccc1. The summed E-state index contributed by atoms with van der Waals surface area (Å²) in [6.45, 7) is 2.27. The number of ether oxygens (including phenoxy) is 1. The predicted molar refractivity (Wildman–Crippen MR) is 122 cm³/mol. The van der Waals surface area contributed by atoms with Crippen LogP contribution in [0.5, 0.6) is 5.88 Å². The zero-order valence-corrected chi connectivity index (χ0v) is 18.3. The fourth-order valence-corrected chi connectivity index (χ4v) is 6.01. The molecular formula is C27H25N3O2. The summed E-state index contributed by atoms with van der Waals surface area (Å²) in [5.41, 5.74) is 5.37. The van der Waals surface area contributed by atoms with Crippen LogP contribution >= 0.6 is 0 Å². The van der Waals surface area contributed by atoms with E-state index in [1.54, 1.807) is 7.11 Å². The van der Waals surface area contributed by atoms with Crippen molar-refractivity contribution in [3.63, 3.8) is 0 Å². The van der Waals surface area contributed by atoms with E-state index in [9.17, 15) is 0 Å². The zero-order chi connectivity index (χ0) is 21.7. The highest BCUT2D eigenvalue weighted by molar-refractivity contribution is 5.59. The fraction of sp³-hybridized carbons (Fsp3) is 0.296. The number of benzene rings is 2. The van der Waals surface area contributed by atoms with Gasteiger partial charge in [-0.1, -0.05) is 72.7 Å². The van der Waals surface area contributed by atoms with E-state index in [2.05, 4.69) is 54.5 Å². The van der Waals surface area contributed by atoms with Crippen LogP contribution in [0.25, 0.3) is 11.4 Å². The lowest BCUT2D eigenvalue weighted by atomic mass is 9.53. The second-order valence-electron chi connectivity index (χ2n) is 8.91.